The van der Waals surface area contributed by atoms with Crippen molar-refractivity contribution in [1.82, 2.24) is 19.8 Å². The van der Waals surface area contributed by atoms with E-state index in [2.05, 4.69) is 34.4 Å². The van der Waals surface area contributed by atoms with Gasteiger partial charge < -0.3 is 29.6 Å². The van der Waals surface area contributed by atoms with Gasteiger partial charge in [0.1, 0.15) is 24.4 Å². The monoisotopic (exact) mass is 530 g/mol. The summed E-state index contributed by atoms with van der Waals surface area (Å²) in [5.74, 6) is 1.21. The van der Waals surface area contributed by atoms with Crippen LogP contribution in [0, 0.1) is 0 Å². The number of phenolic OH excluding ortho intramolecular Hbond substituents is 1. The number of aromatic nitrogens is 2. The number of piperazine rings is 1. The van der Waals surface area contributed by atoms with Gasteiger partial charge in [-0.1, -0.05) is 30.8 Å². The van der Waals surface area contributed by atoms with Gasteiger partial charge in [0.2, 0.25) is 0 Å². The largest absolute Gasteiger partial charge is 0.508 e. The molecule has 2 saturated heterocycles. The van der Waals surface area contributed by atoms with Crippen LogP contribution in [0.3, 0.4) is 0 Å². The van der Waals surface area contributed by atoms with E-state index in [0.717, 1.165) is 80.1 Å². The third-order valence-electron chi connectivity index (χ3n) is 8.46. The molecule has 3 aromatic rings. The molecular formula is C30H38N6O3. The molecular weight excluding hydrogens is 492 g/mol. The highest BCUT2D eigenvalue weighted by atomic mass is 16.5. The lowest BCUT2D eigenvalue weighted by Crippen LogP contribution is -2.50. The molecule has 39 heavy (non-hydrogen) atoms. The van der Waals surface area contributed by atoms with Gasteiger partial charge in [-0.25, -0.2) is 0 Å². The Balaban J connectivity index is 1.31. The molecule has 3 aliphatic heterocycles. The molecule has 2 atom stereocenters. The fraction of sp³-hybridized carbons (Fsp3) is 0.467. The van der Waals surface area contributed by atoms with Gasteiger partial charge in [-0.15, -0.1) is 0 Å². The normalized spacial score (nSPS) is 21.2. The second-order valence-corrected chi connectivity index (χ2v) is 10.9. The molecule has 1 unspecified atom stereocenters. The number of ether oxygens (including phenoxy) is 1. The van der Waals surface area contributed by atoms with E-state index in [4.69, 9.17) is 14.7 Å². The summed E-state index contributed by atoms with van der Waals surface area (Å²) >= 11 is 0. The first kappa shape index (κ1) is 25.9. The maximum absolute atomic E-state index is 10.5. The first-order chi connectivity index (χ1) is 19.0. The number of likely N-dealkylation sites (N-methyl/N-ethyl adjacent to an activating group) is 1. The first-order valence-corrected chi connectivity index (χ1v) is 14.0. The molecule has 0 aliphatic carbocycles. The van der Waals surface area contributed by atoms with Crippen molar-refractivity contribution >= 4 is 22.3 Å². The number of fused-ring (bicyclic) bond motifs is 2. The van der Waals surface area contributed by atoms with Gasteiger partial charge >= 0.3 is 6.01 Å². The summed E-state index contributed by atoms with van der Waals surface area (Å²) in [5, 5.41) is 22.8. The molecule has 4 heterocycles. The lowest BCUT2D eigenvalue weighted by Gasteiger charge is -2.39. The Morgan fingerprint density at radius 1 is 1.08 bits per heavy atom. The number of anilines is 2. The molecule has 3 aliphatic rings. The maximum atomic E-state index is 10.5. The summed E-state index contributed by atoms with van der Waals surface area (Å²) in [4.78, 5) is 18.9. The smallest absolute Gasteiger partial charge is 0.318 e. The third kappa shape index (κ3) is 5.26. The van der Waals surface area contributed by atoms with Gasteiger partial charge in [-0.3, -0.25) is 4.90 Å². The van der Waals surface area contributed by atoms with Crippen LogP contribution in [-0.2, 0) is 13.0 Å². The average Bonchev–Trinajstić information content (AvgIpc) is 3.38. The van der Waals surface area contributed by atoms with Crippen LogP contribution in [0.15, 0.2) is 49.1 Å². The molecule has 0 amide bonds. The topological polar surface area (TPSA) is 88.4 Å². The molecule has 0 saturated carbocycles. The van der Waals surface area contributed by atoms with Crippen LogP contribution in [0.25, 0.3) is 10.8 Å². The lowest BCUT2D eigenvalue weighted by atomic mass is 10.0. The zero-order valence-corrected chi connectivity index (χ0v) is 22.7. The number of aliphatic hydroxyl groups excluding tert-OH is 1. The quantitative estimate of drug-likeness (QED) is 0.448. The molecule has 0 radical (unpaired) electrons. The van der Waals surface area contributed by atoms with E-state index in [0.29, 0.717) is 25.2 Å². The fourth-order valence-electron chi connectivity index (χ4n) is 6.16. The van der Waals surface area contributed by atoms with Gasteiger partial charge in [-0.05, 0) is 50.4 Å². The van der Waals surface area contributed by atoms with E-state index in [1.807, 2.05) is 35.2 Å². The summed E-state index contributed by atoms with van der Waals surface area (Å²) in [6, 6.07) is 12.7. The van der Waals surface area contributed by atoms with Crippen LogP contribution < -0.4 is 14.5 Å². The number of hydrogen-bond acceptors (Lipinski definition) is 9. The van der Waals surface area contributed by atoms with E-state index in [1.54, 1.807) is 6.08 Å². The molecule has 206 valence electrons. The molecule has 0 spiro atoms. The van der Waals surface area contributed by atoms with Crippen molar-refractivity contribution in [2.45, 2.75) is 38.1 Å². The lowest BCUT2D eigenvalue weighted by molar-refractivity contribution is 0.0379. The summed E-state index contributed by atoms with van der Waals surface area (Å²) in [7, 11) is 2.15. The molecule has 1 aromatic heterocycles. The minimum Gasteiger partial charge on any atom is -0.508 e. The minimum atomic E-state index is -0.626. The Hall–Kier alpha value is -3.40. The van der Waals surface area contributed by atoms with Gasteiger partial charge in [0.25, 0.3) is 0 Å². The number of benzene rings is 2. The number of aliphatic hydroxyl groups is 1. The molecule has 9 heteroatoms. The molecule has 0 bridgehead atoms. The summed E-state index contributed by atoms with van der Waals surface area (Å²) in [5.41, 5.74) is 3.15. The van der Waals surface area contributed by atoms with Crippen molar-refractivity contribution in [2.75, 3.05) is 62.7 Å². The van der Waals surface area contributed by atoms with Crippen molar-refractivity contribution in [3.63, 3.8) is 0 Å². The second-order valence-electron chi connectivity index (χ2n) is 10.9. The highest BCUT2D eigenvalue weighted by Crippen LogP contribution is 2.36. The van der Waals surface area contributed by atoms with Crippen molar-refractivity contribution in [3.8, 4) is 11.8 Å². The molecule has 2 fully saturated rings. The van der Waals surface area contributed by atoms with E-state index in [-0.39, 0.29) is 5.75 Å². The summed E-state index contributed by atoms with van der Waals surface area (Å²) in [6.45, 7) is 9.82. The molecule has 9 nitrogen and oxygen atoms in total. The molecule has 6 rings (SSSR count). The number of phenols is 1. The Morgan fingerprint density at radius 3 is 2.67 bits per heavy atom. The van der Waals surface area contributed by atoms with Crippen molar-refractivity contribution in [2.24, 2.45) is 0 Å². The minimum absolute atomic E-state index is 0.266. The fourth-order valence-corrected chi connectivity index (χ4v) is 6.16. The highest BCUT2D eigenvalue weighted by Gasteiger charge is 2.30. The number of nitrogens with zero attached hydrogens (tertiary/aromatic N) is 6. The number of aromatic hydroxyl groups is 1. The van der Waals surface area contributed by atoms with E-state index in [1.165, 1.54) is 12.0 Å². The van der Waals surface area contributed by atoms with Crippen LogP contribution in [0.1, 0.15) is 24.1 Å². The van der Waals surface area contributed by atoms with Crippen molar-refractivity contribution < 1.29 is 14.9 Å². The predicted octanol–water partition coefficient (Wildman–Crippen LogP) is 3.00. The third-order valence-corrected chi connectivity index (χ3v) is 8.46. The van der Waals surface area contributed by atoms with Gasteiger partial charge in [0.05, 0.1) is 12.2 Å². The highest BCUT2D eigenvalue weighted by molar-refractivity contribution is 5.95. The van der Waals surface area contributed by atoms with Crippen LogP contribution in [-0.4, -0.2) is 95.2 Å². The van der Waals surface area contributed by atoms with E-state index < -0.39 is 6.23 Å². The molecule has 2 aromatic carbocycles. The number of hydrogen-bond donors (Lipinski definition) is 2. The number of likely N-dealkylation sites (tertiary alicyclic amines) is 1. The summed E-state index contributed by atoms with van der Waals surface area (Å²) < 4.78 is 6.25. The first-order valence-electron chi connectivity index (χ1n) is 14.0. The predicted molar refractivity (Wildman–Crippen MR) is 154 cm³/mol. The van der Waals surface area contributed by atoms with Crippen molar-refractivity contribution in [3.05, 3.63) is 60.3 Å². The maximum Gasteiger partial charge on any atom is 0.318 e. The van der Waals surface area contributed by atoms with E-state index >= 15 is 0 Å². The Morgan fingerprint density at radius 2 is 1.90 bits per heavy atom. The Bertz CT molecular complexity index is 1340. The van der Waals surface area contributed by atoms with Gasteiger partial charge in [0, 0.05) is 61.5 Å². The SMILES string of the molecule is C=CC(O)N1CCN(c2nc(OC[C@H]3CCCN3C)nc3c2CCN(c2cc(O)cc4ccccc24)C3)CC1. The Labute approximate surface area is 229 Å². The van der Waals surface area contributed by atoms with Crippen LogP contribution >= 0.6 is 0 Å². The van der Waals surface area contributed by atoms with Crippen molar-refractivity contribution in [1.29, 1.82) is 0 Å². The number of rotatable bonds is 7. The van der Waals surface area contributed by atoms with Gasteiger partial charge in [0.15, 0.2) is 0 Å². The Kier molecular flexibility index (Phi) is 7.29. The van der Waals surface area contributed by atoms with Gasteiger partial charge in [-0.2, -0.15) is 9.97 Å². The van der Waals surface area contributed by atoms with Crippen LogP contribution in [0.5, 0.6) is 11.8 Å². The average molecular weight is 531 g/mol. The molecule has 2 N–H and O–H groups in total. The van der Waals surface area contributed by atoms with E-state index in [9.17, 15) is 10.2 Å². The standard InChI is InChI=1S/C30H38N6O3/c1-3-28(38)34-13-15-35(16-14-34)29-25-10-12-36(27-18-23(37)17-21-7-4-5-9-24(21)27)19-26(25)31-30(32-29)39-20-22-8-6-11-33(22)2/h3-5,7,9,17-18,22,28,37-38H,1,6,8,10-16,19-20H2,2H3/t22-,28?/m1/s1. The zero-order valence-electron chi connectivity index (χ0n) is 22.7. The van der Waals surface area contributed by atoms with Crippen LogP contribution in [0.2, 0.25) is 0 Å². The summed E-state index contributed by atoms with van der Waals surface area (Å²) in [6.07, 6.45) is 4.07. The zero-order chi connectivity index (χ0) is 26.9. The second kappa shape index (κ2) is 11.0. The van der Waals surface area contributed by atoms with Crippen LogP contribution in [0.4, 0.5) is 11.5 Å².